The van der Waals surface area contributed by atoms with Gasteiger partial charge in [-0.25, -0.2) is 4.99 Å². The SMILES string of the molecule is c1coc(CN=C(NCCc2cccs2)Nc2ccc3c(c2)OCCCO3)c1. The Balaban J connectivity index is 1.44. The van der Waals surface area contributed by atoms with Crippen LogP contribution in [0, 0.1) is 0 Å². The van der Waals surface area contributed by atoms with Crippen molar-refractivity contribution in [1.82, 2.24) is 5.32 Å². The first-order valence-electron chi connectivity index (χ1n) is 9.36. The number of hydrogen-bond acceptors (Lipinski definition) is 5. The number of furan rings is 1. The fraction of sp³-hybridized carbons (Fsp3) is 0.286. The molecule has 0 atom stereocenters. The minimum atomic E-state index is 0.464. The van der Waals surface area contributed by atoms with E-state index < -0.39 is 0 Å². The predicted octanol–water partition coefficient (Wildman–Crippen LogP) is 4.30. The lowest BCUT2D eigenvalue weighted by Crippen LogP contribution is -2.32. The van der Waals surface area contributed by atoms with Crippen LogP contribution in [0.4, 0.5) is 5.69 Å². The van der Waals surface area contributed by atoms with Crippen molar-refractivity contribution in [1.29, 1.82) is 0 Å². The van der Waals surface area contributed by atoms with Gasteiger partial charge < -0.3 is 24.5 Å². The summed E-state index contributed by atoms with van der Waals surface area (Å²) in [6.45, 7) is 2.59. The molecule has 28 heavy (non-hydrogen) atoms. The molecule has 3 heterocycles. The summed E-state index contributed by atoms with van der Waals surface area (Å²) in [7, 11) is 0. The summed E-state index contributed by atoms with van der Waals surface area (Å²) < 4.78 is 16.9. The number of guanidine groups is 1. The highest BCUT2D eigenvalue weighted by atomic mass is 32.1. The molecular formula is C21H23N3O3S. The van der Waals surface area contributed by atoms with Gasteiger partial charge in [-0.2, -0.15) is 0 Å². The van der Waals surface area contributed by atoms with Gasteiger partial charge in [0, 0.05) is 29.6 Å². The molecule has 0 radical (unpaired) electrons. The quantitative estimate of drug-likeness (QED) is 0.479. The van der Waals surface area contributed by atoms with Crippen LogP contribution in [0.3, 0.4) is 0 Å². The molecule has 7 heteroatoms. The van der Waals surface area contributed by atoms with Gasteiger partial charge in [-0.15, -0.1) is 11.3 Å². The van der Waals surface area contributed by atoms with Gasteiger partial charge >= 0.3 is 0 Å². The zero-order valence-corrected chi connectivity index (χ0v) is 16.3. The van der Waals surface area contributed by atoms with Crippen molar-refractivity contribution >= 4 is 23.0 Å². The molecule has 0 amide bonds. The average molecular weight is 398 g/mol. The summed E-state index contributed by atoms with van der Waals surface area (Å²) in [4.78, 5) is 5.98. The summed E-state index contributed by atoms with van der Waals surface area (Å²) in [6, 6.07) is 13.8. The Bertz CT molecular complexity index is 892. The minimum absolute atomic E-state index is 0.464. The van der Waals surface area contributed by atoms with E-state index in [0.717, 1.165) is 42.3 Å². The van der Waals surface area contributed by atoms with Crippen LogP contribution >= 0.6 is 11.3 Å². The minimum Gasteiger partial charge on any atom is -0.490 e. The van der Waals surface area contributed by atoms with E-state index in [1.165, 1.54) is 4.88 Å². The highest BCUT2D eigenvalue weighted by Gasteiger charge is 2.11. The molecule has 1 aliphatic rings. The van der Waals surface area contributed by atoms with Gasteiger partial charge in [-0.1, -0.05) is 6.07 Å². The van der Waals surface area contributed by atoms with Crippen molar-refractivity contribution in [2.45, 2.75) is 19.4 Å². The van der Waals surface area contributed by atoms with Gasteiger partial charge in [0.1, 0.15) is 12.3 Å². The molecular weight excluding hydrogens is 374 g/mol. The fourth-order valence-corrected chi connectivity index (χ4v) is 3.54. The van der Waals surface area contributed by atoms with E-state index in [9.17, 15) is 0 Å². The third kappa shape index (κ3) is 5.07. The molecule has 2 N–H and O–H groups in total. The van der Waals surface area contributed by atoms with Gasteiger partial charge in [-0.3, -0.25) is 0 Å². The van der Waals surface area contributed by atoms with Crippen molar-refractivity contribution in [3.05, 3.63) is 64.7 Å². The maximum absolute atomic E-state index is 5.78. The number of hydrogen-bond donors (Lipinski definition) is 2. The Morgan fingerprint density at radius 1 is 1.07 bits per heavy atom. The molecule has 146 valence electrons. The van der Waals surface area contributed by atoms with Gasteiger partial charge in [0.2, 0.25) is 0 Å². The highest BCUT2D eigenvalue weighted by Crippen LogP contribution is 2.32. The van der Waals surface area contributed by atoms with E-state index in [1.807, 2.05) is 30.3 Å². The topological polar surface area (TPSA) is 68.0 Å². The summed E-state index contributed by atoms with van der Waals surface area (Å²) in [5.74, 6) is 3.05. The van der Waals surface area contributed by atoms with Gasteiger partial charge in [0.05, 0.1) is 19.5 Å². The zero-order valence-electron chi connectivity index (χ0n) is 15.5. The van der Waals surface area contributed by atoms with Crippen LogP contribution in [0.15, 0.2) is 63.5 Å². The van der Waals surface area contributed by atoms with Crippen LogP contribution in [-0.4, -0.2) is 25.7 Å². The lowest BCUT2D eigenvalue weighted by molar-refractivity contribution is 0.297. The Morgan fingerprint density at radius 3 is 2.82 bits per heavy atom. The molecule has 0 aliphatic carbocycles. The summed E-state index contributed by atoms with van der Waals surface area (Å²) in [6.07, 6.45) is 3.49. The van der Waals surface area contributed by atoms with Gasteiger partial charge in [-0.05, 0) is 42.1 Å². The number of benzene rings is 1. The van der Waals surface area contributed by atoms with Crippen LogP contribution in [-0.2, 0) is 13.0 Å². The van der Waals surface area contributed by atoms with Crippen LogP contribution in [0.25, 0.3) is 0 Å². The number of aliphatic imine (C=N–C) groups is 1. The summed E-state index contributed by atoms with van der Waals surface area (Å²) >= 11 is 1.76. The van der Waals surface area contributed by atoms with E-state index in [-0.39, 0.29) is 0 Å². The normalized spacial score (nSPS) is 13.8. The maximum Gasteiger partial charge on any atom is 0.196 e. The average Bonchev–Trinajstić information content (AvgIpc) is 3.37. The third-order valence-electron chi connectivity index (χ3n) is 4.23. The monoisotopic (exact) mass is 397 g/mol. The molecule has 2 aromatic heterocycles. The Morgan fingerprint density at radius 2 is 2.00 bits per heavy atom. The second-order valence-corrected chi connectivity index (χ2v) is 7.37. The number of rotatable bonds is 6. The molecule has 0 unspecified atom stereocenters. The van der Waals surface area contributed by atoms with E-state index in [4.69, 9.17) is 13.9 Å². The molecule has 0 saturated carbocycles. The van der Waals surface area contributed by atoms with Gasteiger partial charge in [0.15, 0.2) is 17.5 Å². The molecule has 3 aromatic rings. The van der Waals surface area contributed by atoms with Crippen molar-refractivity contribution < 1.29 is 13.9 Å². The fourth-order valence-electron chi connectivity index (χ4n) is 2.84. The van der Waals surface area contributed by atoms with Crippen molar-refractivity contribution in [2.75, 3.05) is 25.1 Å². The van der Waals surface area contributed by atoms with Crippen LogP contribution in [0.5, 0.6) is 11.5 Å². The van der Waals surface area contributed by atoms with Crippen molar-refractivity contribution in [2.24, 2.45) is 4.99 Å². The molecule has 0 spiro atoms. The molecule has 0 bridgehead atoms. The zero-order chi connectivity index (χ0) is 19.0. The first kappa shape index (κ1) is 18.4. The second kappa shape index (κ2) is 9.32. The first-order valence-corrected chi connectivity index (χ1v) is 10.2. The predicted molar refractivity (Wildman–Crippen MR) is 112 cm³/mol. The maximum atomic E-state index is 5.78. The number of thiophene rings is 1. The smallest absolute Gasteiger partial charge is 0.196 e. The molecule has 0 saturated heterocycles. The number of ether oxygens (including phenoxy) is 2. The highest BCUT2D eigenvalue weighted by molar-refractivity contribution is 7.09. The molecule has 1 aliphatic heterocycles. The Kier molecular flexibility index (Phi) is 6.14. The van der Waals surface area contributed by atoms with Crippen molar-refractivity contribution in [3.63, 3.8) is 0 Å². The van der Waals surface area contributed by atoms with Gasteiger partial charge in [0.25, 0.3) is 0 Å². The lowest BCUT2D eigenvalue weighted by Gasteiger charge is -2.14. The second-order valence-electron chi connectivity index (χ2n) is 6.34. The molecule has 1 aromatic carbocycles. The van der Waals surface area contributed by atoms with Crippen molar-refractivity contribution in [3.8, 4) is 11.5 Å². The Labute approximate surface area is 168 Å². The van der Waals surface area contributed by atoms with E-state index >= 15 is 0 Å². The lowest BCUT2D eigenvalue weighted by atomic mass is 10.2. The van der Waals surface area contributed by atoms with Crippen LogP contribution < -0.4 is 20.1 Å². The standard InChI is InChI=1S/C21H23N3O3S/c1-4-17(25-10-1)15-23-21(22-9-8-18-5-2-13-28-18)24-16-6-7-19-20(14-16)27-12-3-11-26-19/h1-2,4-7,10,13-14H,3,8-9,11-12,15H2,(H2,22,23,24). The Hall–Kier alpha value is -2.93. The number of nitrogens with zero attached hydrogens (tertiary/aromatic N) is 1. The summed E-state index contributed by atoms with van der Waals surface area (Å²) in [5.41, 5.74) is 0.895. The summed E-state index contributed by atoms with van der Waals surface area (Å²) in [5, 5.41) is 8.84. The first-order chi connectivity index (χ1) is 13.9. The number of fused-ring (bicyclic) bond motifs is 1. The van der Waals surface area contributed by atoms with E-state index in [0.29, 0.717) is 25.7 Å². The largest absolute Gasteiger partial charge is 0.490 e. The van der Waals surface area contributed by atoms with Crippen LogP contribution in [0.1, 0.15) is 17.1 Å². The van der Waals surface area contributed by atoms with Crippen LogP contribution in [0.2, 0.25) is 0 Å². The van der Waals surface area contributed by atoms with E-state index in [1.54, 1.807) is 17.6 Å². The molecule has 4 rings (SSSR count). The third-order valence-corrected chi connectivity index (χ3v) is 5.16. The molecule has 0 fully saturated rings. The number of anilines is 1. The molecule has 6 nitrogen and oxygen atoms in total. The van der Waals surface area contributed by atoms with E-state index in [2.05, 4.69) is 33.1 Å². The number of nitrogens with one attached hydrogen (secondary N) is 2.